The van der Waals surface area contributed by atoms with E-state index in [1.807, 2.05) is 13.8 Å². The van der Waals surface area contributed by atoms with Crippen LogP contribution in [0, 0.1) is 11.7 Å². The minimum atomic E-state index is -4.01. The lowest BCUT2D eigenvalue weighted by molar-refractivity contribution is -0.139. The zero-order chi connectivity index (χ0) is 25.6. The first-order valence-electron chi connectivity index (χ1n) is 10.5. The number of carbonyl (C=O) groups is 2. The summed E-state index contributed by atoms with van der Waals surface area (Å²) in [6.07, 6.45) is 0.884. The van der Waals surface area contributed by atoms with E-state index in [-0.39, 0.29) is 23.2 Å². The van der Waals surface area contributed by atoms with Gasteiger partial charge in [0.25, 0.3) is 0 Å². The zero-order valence-electron chi connectivity index (χ0n) is 19.4. The van der Waals surface area contributed by atoms with Crippen LogP contribution in [0.1, 0.15) is 26.3 Å². The molecule has 0 bridgehead atoms. The third-order valence-corrected chi connectivity index (χ3v) is 6.85. The number of benzene rings is 2. The van der Waals surface area contributed by atoms with E-state index in [9.17, 15) is 22.4 Å². The van der Waals surface area contributed by atoms with Crippen LogP contribution in [0.3, 0.4) is 0 Å². The molecule has 1 N–H and O–H groups in total. The molecule has 2 amide bonds. The molecule has 0 heterocycles. The van der Waals surface area contributed by atoms with Crippen molar-refractivity contribution in [2.24, 2.45) is 5.92 Å². The fourth-order valence-corrected chi connectivity index (χ4v) is 4.29. The van der Waals surface area contributed by atoms with Crippen LogP contribution in [0.2, 0.25) is 10.0 Å². The molecule has 0 aliphatic carbocycles. The van der Waals surface area contributed by atoms with Gasteiger partial charge >= 0.3 is 0 Å². The van der Waals surface area contributed by atoms with Crippen LogP contribution in [0.4, 0.5) is 10.1 Å². The smallest absolute Gasteiger partial charge is 0.244 e. The number of sulfonamides is 1. The molecule has 0 saturated heterocycles. The van der Waals surface area contributed by atoms with E-state index >= 15 is 0 Å². The van der Waals surface area contributed by atoms with E-state index in [4.69, 9.17) is 23.2 Å². The summed E-state index contributed by atoms with van der Waals surface area (Å²) < 4.78 is 40.0. The highest BCUT2D eigenvalue weighted by molar-refractivity contribution is 7.92. The first-order chi connectivity index (χ1) is 15.8. The van der Waals surface area contributed by atoms with Gasteiger partial charge in [0, 0.05) is 13.1 Å². The summed E-state index contributed by atoms with van der Waals surface area (Å²) in [7, 11) is -4.01. The molecule has 34 heavy (non-hydrogen) atoms. The number of nitrogens with zero attached hydrogens (tertiary/aromatic N) is 2. The number of hydrogen-bond donors (Lipinski definition) is 1. The maximum absolute atomic E-state index is 14.4. The van der Waals surface area contributed by atoms with Crippen LogP contribution in [0.25, 0.3) is 0 Å². The summed E-state index contributed by atoms with van der Waals surface area (Å²) >= 11 is 12.1. The molecular formula is C23H28Cl2FN3O4S. The predicted molar refractivity (Wildman–Crippen MR) is 133 cm³/mol. The second kappa shape index (κ2) is 11.9. The highest BCUT2D eigenvalue weighted by Crippen LogP contribution is 2.25. The Morgan fingerprint density at radius 2 is 1.71 bits per heavy atom. The minimum Gasteiger partial charge on any atom is -0.354 e. The average molecular weight is 532 g/mol. The number of nitrogens with one attached hydrogen (secondary N) is 1. The number of hydrogen-bond acceptors (Lipinski definition) is 4. The Labute approximate surface area is 209 Å². The Balaban J connectivity index is 2.40. The molecule has 0 radical (unpaired) electrons. The normalized spacial score (nSPS) is 12.4. The molecule has 1 atom stereocenters. The van der Waals surface area contributed by atoms with Crippen LogP contribution in [0.5, 0.6) is 0 Å². The third-order valence-electron chi connectivity index (χ3n) is 4.99. The van der Waals surface area contributed by atoms with Crippen molar-refractivity contribution in [2.45, 2.75) is 33.4 Å². The molecule has 0 aromatic heterocycles. The standard InChI is InChI=1S/C23H28Cl2FN3O4S/c1-15(2)12-27-23(31)16(3)28(13-17-9-10-18(24)19(25)11-17)22(30)14-29(34(4,32)33)21-8-6-5-7-20(21)26/h5-11,15-16H,12-14H2,1-4H3,(H,27,31). The van der Waals surface area contributed by atoms with Gasteiger partial charge in [0.2, 0.25) is 21.8 Å². The Morgan fingerprint density at radius 1 is 1.06 bits per heavy atom. The number of para-hydroxylation sites is 1. The van der Waals surface area contributed by atoms with Crippen molar-refractivity contribution < 1.29 is 22.4 Å². The van der Waals surface area contributed by atoms with Gasteiger partial charge in [-0.25, -0.2) is 12.8 Å². The second-order valence-electron chi connectivity index (χ2n) is 8.31. The lowest BCUT2D eigenvalue weighted by atomic mass is 10.1. The topological polar surface area (TPSA) is 86.8 Å². The second-order valence-corrected chi connectivity index (χ2v) is 11.0. The zero-order valence-corrected chi connectivity index (χ0v) is 21.7. The molecule has 0 aliphatic rings. The quantitative estimate of drug-likeness (QED) is 0.500. The van der Waals surface area contributed by atoms with Gasteiger partial charge in [0.1, 0.15) is 18.4 Å². The highest BCUT2D eigenvalue weighted by atomic mass is 35.5. The summed E-state index contributed by atoms with van der Waals surface area (Å²) in [5.41, 5.74) is 0.327. The number of carbonyl (C=O) groups excluding carboxylic acids is 2. The fourth-order valence-electron chi connectivity index (χ4n) is 3.12. The van der Waals surface area contributed by atoms with Crippen molar-refractivity contribution in [1.82, 2.24) is 10.2 Å². The molecule has 2 rings (SSSR count). The molecule has 2 aromatic rings. The summed E-state index contributed by atoms with van der Waals surface area (Å²) in [5.74, 6) is -1.69. The van der Waals surface area contributed by atoms with Crippen LogP contribution >= 0.6 is 23.2 Å². The SMILES string of the molecule is CC(C)CNC(=O)C(C)N(Cc1ccc(Cl)c(Cl)c1)C(=O)CN(c1ccccc1F)S(C)(=O)=O. The maximum Gasteiger partial charge on any atom is 0.244 e. The Morgan fingerprint density at radius 3 is 2.26 bits per heavy atom. The third kappa shape index (κ3) is 7.58. The van der Waals surface area contributed by atoms with Crippen LogP contribution < -0.4 is 9.62 Å². The van der Waals surface area contributed by atoms with Gasteiger partial charge in [-0.15, -0.1) is 0 Å². The van der Waals surface area contributed by atoms with E-state index in [0.717, 1.165) is 12.3 Å². The van der Waals surface area contributed by atoms with Crippen molar-refractivity contribution >= 4 is 50.7 Å². The predicted octanol–water partition coefficient (Wildman–Crippen LogP) is 4.09. The van der Waals surface area contributed by atoms with Gasteiger partial charge in [0.15, 0.2) is 0 Å². The van der Waals surface area contributed by atoms with Gasteiger partial charge in [-0.3, -0.25) is 13.9 Å². The van der Waals surface area contributed by atoms with Gasteiger partial charge in [-0.05, 0) is 42.7 Å². The lowest BCUT2D eigenvalue weighted by Gasteiger charge is -2.31. The molecule has 1 unspecified atom stereocenters. The number of rotatable bonds is 10. The van der Waals surface area contributed by atoms with Gasteiger partial charge in [0.05, 0.1) is 22.0 Å². The monoisotopic (exact) mass is 531 g/mol. The number of halogens is 3. The molecule has 7 nitrogen and oxygen atoms in total. The molecular weight excluding hydrogens is 504 g/mol. The summed E-state index contributed by atoms with van der Waals surface area (Å²) in [6.45, 7) is 5.08. The van der Waals surface area contributed by atoms with Crippen LogP contribution in [-0.4, -0.2) is 50.5 Å². The van der Waals surface area contributed by atoms with Crippen molar-refractivity contribution in [3.8, 4) is 0 Å². The highest BCUT2D eigenvalue weighted by Gasteiger charge is 2.31. The molecule has 0 aliphatic heterocycles. The molecule has 2 aromatic carbocycles. The Kier molecular flexibility index (Phi) is 9.73. The summed E-state index contributed by atoms with van der Waals surface area (Å²) in [5, 5.41) is 3.37. The lowest BCUT2D eigenvalue weighted by Crippen LogP contribution is -2.51. The molecule has 11 heteroatoms. The number of amides is 2. The van der Waals surface area contributed by atoms with Crippen molar-refractivity contribution in [3.05, 3.63) is 63.9 Å². The van der Waals surface area contributed by atoms with Crippen molar-refractivity contribution in [1.29, 1.82) is 0 Å². The van der Waals surface area contributed by atoms with Crippen LogP contribution in [0.15, 0.2) is 42.5 Å². The van der Waals surface area contributed by atoms with Gasteiger partial charge in [-0.1, -0.05) is 55.2 Å². The molecule has 0 fully saturated rings. The van der Waals surface area contributed by atoms with E-state index in [1.165, 1.54) is 23.1 Å². The summed E-state index contributed by atoms with van der Waals surface area (Å²) in [6, 6.07) is 9.09. The minimum absolute atomic E-state index is 0.0408. The van der Waals surface area contributed by atoms with Crippen molar-refractivity contribution in [2.75, 3.05) is 23.7 Å². The largest absolute Gasteiger partial charge is 0.354 e. The maximum atomic E-state index is 14.4. The van der Waals surface area contributed by atoms with Crippen LogP contribution in [-0.2, 0) is 26.2 Å². The van der Waals surface area contributed by atoms with Crippen molar-refractivity contribution in [3.63, 3.8) is 0 Å². The molecule has 0 spiro atoms. The first-order valence-corrected chi connectivity index (χ1v) is 13.1. The van der Waals surface area contributed by atoms with E-state index < -0.39 is 40.2 Å². The number of anilines is 1. The summed E-state index contributed by atoms with van der Waals surface area (Å²) in [4.78, 5) is 27.4. The Bertz CT molecular complexity index is 1140. The van der Waals surface area contributed by atoms with E-state index in [0.29, 0.717) is 21.4 Å². The fraction of sp³-hybridized carbons (Fsp3) is 0.391. The molecule has 0 saturated carbocycles. The van der Waals surface area contributed by atoms with E-state index in [2.05, 4.69) is 5.32 Å². The average Bonchev–Trinajstić information content (AvgIpc) is 2.75. The Hall–Kier alpha value is -2.36. The van der Waals surface area contributed by atoms with Gasteiger partial charge in [-0.2, -0.15) is 0 Å². The first kappa shape index (κ1) is 27.9. The molecule has 186 valence electrons. The van der Waals surface area contributed by atoms with Gasteiger partial charge < -0.3 is 10.2 Å². The van der Waals surface area contributed by atoms with E-state index in [1.54, 1.807) is 25.1 Å².